The molecule has 0 saturated carbocycles. The molecule has 27 heavy (non-hydrogen) atoms. The number of amides is 1. The Morgan fingerprint density at radius 1 is 1.22 bits per heavy atom. The molecule has 8 heteroatoms. The highest BCUT2D eigenvalue weighted by Gasteiger charge is 2.43. The lowest BCUT2D eigenvalue weighted by Crippen LogP contribution is -2.57. The van der Waals surface area contributed by atoms with Gasteiger partial charge >= 0.3 is 6.18 Å². The van der Waals surface area contributed by atoms with Crippen LogP contribution >= 0.6 is 11.3 Å². The van der Waals surface area contributed by atoms with E-state index in [1.54, 1.807) is 5.38 Å². The molecule has 1 atom stereocenters. The van der Waals surface area contributed by atoms with Gasteiger partial charge in [0.25, 0.3) is 5.91 Å². The number of thiophene rings is 1. The molecule has 1 saturated heterocycles. The van der Waals surface area contributed by atoms with Crippen molar-refractivity contribution >= 4 is 17.2 Å². The molecule has 4 nitrogen and oxygen atoms in total. The van der Waals surface area contributed by atoms with Crippen molar-refractivity contribution in [3.8, 4) is 11.1 Å². The summed E-state index contributed by atoms with van der Waals surface area (Å²) in [6.07, 6.45) is -4.39. The molecule has 146 valence electrons. The molecule has 2 aromatic rings. The van der Waals surface area contributed by atoms with Gasteiger partial charge in [-0.3, -0.25) is 9.69 Å². The van der Waals surface area contributed by atoms with Crippen molar-refractivity contribution in [1.29, 1.82) is 0 Å². The highest BCUT2D eigenvalue weighted by molar-refractivity contribution is 7.12. The molecule has 1 aromatic carbocycles. The molecule has 0 radical (unpaired) electrons. The zero-order valence-corrected chi connectivity index (χ0v) is 15.8. The summed E-state index contributed by atoms with van der Waals surface area (Å²) in [6, 6.07) is 7.85. The van der Waals surface area contributed by atoms with E-state index in [1.165, 1.54) is 16.2 Å². The van der Waals surface area contributed by atoms with Crippen molar-refractivity contribution in [3.63, 3.8) is 0 Å². The number of hydrogen-bond acceptors (Lipinski definition) is 4. The SMILES string of the molecule is Cc1ccc(-c2ccsc2C(=O)NCC(N2CCNCC2)C(F)(F)F)cc1. The molecule has 1 fully saturated rings. The highest BCUT2D eigenvalue weighted by Crippen LogP contribution is 2.29. The van der Waals surface area contributed by atoms with Gasteiger partial charge in [0.2, 0.25) is 0 Å². The Bertz CT molecular complexity index is 767. The molecule has 1 aliphatic rings. The van der Waals surface area contributed by atoms with Crippen LogP contribution in [0, 0.1) is 6.92 Å². The molecule has 0 bridgehead atoms. The lowest BCUT2D eigenvalue weighted by atomic mass is 10.0. The van der Waals surface area contributed by atoms with E-state index in [0.717, 1.165) is 16.7 Å². The fraction of sp³-hybridized carbons (Fsp3) is 0.421. The zero-order chi connectivity index (χ0) is 19.4. The van der Waals surface area contributed by atoms with Gasteiger partial charge in [-0.15, -0.1) is 11.3 Å². The number of benzene rings is 1. The van der Waals surface area contributed by atoms with Crippen LogP contribution in [0.3, 0.4) is 0 Å². The Hall–Kier alpha value is -1.90. The summed E-state index contributed by atoms with van der Waals surface area (Å²) in [7, 11) is 0. The predicted molar refractivity (Wildman–Crippen MR) is 101 cm³/mol. The van der Waals surface area contributed by atoms with Crippen LogP contribution in [-0.2, 0) is 0 Å². The number of carbonyl (C=O) groups is 1. The van der Waals surface area contributed by atoms with E-state index >= 15 is 0 Å². The maximum Gasteiger partial charge on any atom is 0.405 e. The molecule has 1 aliphatic heterocycles. The van der Waals surface area contributed by atoms with Crippen molar-refractivity contribution in [2.75, 3.05) is 32.7 Å². The van der Waals surface area contributed by atoms with Crippen molar-refractivity contribution < 1.29 is 18.0 Å². The van der Waals surface area contributed by atoms with Crippen LogP contribution in [0.5, 0.6) is 0 Å². The monoisotopic (exact) mass is 397 g/mol. The van der Waals surface area contributed by atoms with Crippen molar-refractivity contribution in [2.45, 2.75) is 19.1 Å². The third kappa shape index (κ3) is 4.88. The average molecular weight is 397 g/mol. The minimum Gasteiger partial charge on any atom is -0.349 e. The summed E-state index contributed by atoms with van der Waals surface area (Å²) < 4.78 is 40.4. The van der Waals surface area contributed by atoms with Gasteiger partial charge in [0.1, 0.15) is 6.04 Å². The Balaban J connectivity index is 1.71. The van der Waals surface area contributed by atoms with Gasteiger partial charge < -0.3 is 10.6 Å². The van der Waals surface area contributed by atoms with Crippen LogP contribution in [0.25, 0.3) is 11.1 Å². The third-order valence-corrected chi connectivity index (χ3v) is 5.57. The lowest BCUT2D eigenvalue weighted by Gasteiger charge is -2.35. The van der Waals surface area contributed by atoms with Crippen LogP contribution in [0.2, 0.25) is 0 Å². The Labute approximate surface area is 160 Å². The Morgan fingerprint density at radius 2 is 1.89 bits per heavy atom. The smallest absolute Gasteiger partial charge is 0.349 e. The van der Waals surface area contributed by atoms with Crippen molar-refractivity contribution in [1.82, 2.24) is 15.5 Å². The number of nitrogens with one attached hydrogen (secondary N) is 2. The summed E-state index contributed by atoms with van der Waals surface area (Å²) in [5.74, 6) is -0.468. The number of piperazine rings is 1. The number of hydrogen-bond donors (Lipinski definition) is 2. The predicted octanol–water partition coefficient (Wildman–Crippen LogP) is 3.29. The Kier molecular flexibility index (Phi) is 6.18. The van der Waals surface area contributed by atoms with Gasteiger partial charge in [-0.25, -0.2) is 0 Å². The van der Waals surface area contributed by atoms with Gasteiger partial charge in [0.15, 0.2) is 0 Å². The fourth-order valence-corrected chi connectivity index (χ4v) is 3.99. The van der Waals surface area contributed by atoms with E-state index in [4.69, 9.17) is 0 Å². The van der Waals surface area contributed by atoms with Crippen LogP contribution in [0.15, 0.2) is 35.7 Å². The summed E-state index contributed by atoms with van der Waals surface area (Å²) in [6.45, 7) is 3.18. The molecule has 0 aliphatic carbocycles. The number of aryl methyl sites for hydroxylation is 1. The van der Waals surface area contributed by atoms with Crippen LogP contribution in [0.4, 0.5) is 13.2 Å². The van der Waals surface area contributed by atoms with Gasteiger partial charge in [-0.1, -0.05) is 29.8 Å². The number of carbonyl (C=O) groups excluding carboxylic acids is 1. The van der Waals surface area contributed by atoms with Gasteiger partial charge in [0.05, 0.1) is 4.88 Å². The first-order valence-corrected chi connectivity index (χ1v) is 9.68. The number of nitrogens with zero attached hydrogens (tertiary/aromatic N) is 1. The van der Waals surface area contributed by atoms with E-state index in [9.17, 15) is 18.0 Å². The second-order valence-electron chi connectivity index (χ2n) is 6.58. The standard InChI is InChI=1S/C19H22F3N3OS/c1-13-2-4-14(5-3-13)15-6-11-27-17(15)18(26)24-12-16(19(20,21)22)25-9-7-23-8-10-25/h2-6,11,16,23H,7-10,12H2,1H3,(H,24,26). The summed E-state index contributed by atoms with van der Waals surface area (Å²) in [5, 5.41) is 7.32. The normalized spacial score (nSPS) is 16.9. The first-order valence-electron chi connectivity index (χ1n) is 8.80. The number of rotatable bonds is 5. The second-order valence-corrected chi connectivity index (χ2v) is 7.50. The maximum atomic E-state index is 13.5. The van der Waals surface area contributed by atoms with E-state index in [2.05, 4.69) is 10.6 Å². The first-order chi connectivity index (χ1) is 12.9. The van der Waals surface area contributed by atoms with E-state index < -0.39 is 24.7 Å². The molecule has 3 rings (SSSR count). The minimum atomic E-state index is -4.39. The van der Waals surface area contributed by atoms with Gasteiger partial charge in [0, 0.05) is 38.3 Å². The van der Waals surface area contributed by atoms with Crippen molar-refractivity contribution in [3.05, 3.63) is 46.2 Å². The minimum absolute atomic E-state index is 0.313. The largest absolute Gasteiger partial charge is 0.405 e. The molecular weight excluding hydrogens is 375 g/mol. The summed E-state index contributed by atoms with van der Waals surface area (Å²) in [5.41, 5.74) is 2.72. The average Bonchev–Trinajstić information content (AvgIpc) is 3.12. The Morgan fingerprint density at radius 3 is 2.52 bits per heavy atom. The van der Waals surface area contributed by atoms with Crippen molar-refractivity contribution in [2.24, 2.45) is 0 Å². The van der Waals surface area contributed by atoms with Gasteiger partial charge in [-0.2, -0.15) is 13.2 Å². The van der Waals surface area contributed by atoms with Crippen LogP contribution < -0.4 is 10.6 Å². The zero-order valence-electron chi connectivity index (χ0n) is 15.0. The fourth-order valence-electron chi connectivity index (χ4n) is 3.16. The molecular formula is C19H22F3N3OS. The van der Waals surface area contributed by atoms with Gasteiger partial charge in [-0.05, 0) is 23.9 Å². The molecule has 0 spiro atoms. The van der Waals surface area contributed by atoms with E-state index in [1.807, 2.05) is 37.3 Å². The van der Waals surface area contributed by atoms with E-state index in [-0.39, 0.29) is 0 Å². The summed E-state index contributed by atoms with van der Waals surface area (Å²) in [4.78, 5) is 14.4. The molecule has 1 unspecified atom stereocenters. The topological polar surface area (TPSA) is 44.4 Å². The highest BCUT2D eigenvalue weighted by atomic mass is 32.1. The number of alkyl halides is 3. The number of halogens is 3. The molecule has 2 heterocycles. The third-order valence-electron chi connectivity index (χ3n) is 4.66. The molecule has 1 amide bonds. The maximum absolute atomic E-state index is 13.5. The van der Waals surface area contributed by atoms with Crippen LogP contribution in [-0.4, -0.2) is 55.7 Å². The van der Waals surface area contributed by atoms with Crippen LogP contribution in [0.1, 0.15) is 15.2 Å². The molecule has 2 N–H and O–H groups in total. The first kappa shape index (κ1) is 19.9. The molecule has 1 aromatic heterocycles. The quantitative estimate of drug-likeness (QED) is 0.814. The summed E-state index contributed by atoms with van der Waals surface area (Å²) >= 11 is 1.23. The van der Waals surface area contributed by atoms with E-state index in [0.29, 0.717) is 31.1 Å². The second kappa shape index (κ2) is 8.41. The lowest BCUT2D eigenvalue weighted by molar-refractivity contribution is -0.183.